The molecule has 1 aromatic carbocycles. The monoisotopic (exact) mass is 397 g/mol. The number of esters is 1. The number of thioether (sulfide) groups is 1. The van der Waals surface area contributed by atoms with Crippen molar-refractivity contribution in [1.29, 1.82) is 0 Å². The van der Waals surface area contributed by atoms with Crippen LogP contribution in [0.1, 0.15) is 5.56 Å². The van der Waals surface area contributed by atoms with Crippen LogP contribution < -0.4 is 10.2 Å². The van der Waals surface area contributed by atoms with Crippen LogP contribution in [-0.4, -0.2) is 47.0 Å². The fraction of sp³-hybridized carbons (Fsp3) is 0.438. The Labute approximate surface area is 160 Å². The van der Waals surface area contributed by atoms with E-state index in [-0.39, 0.29) is 11.2 Å². The lowest BCUT2D eigenvalue weighted by molar-refractivity contribution is -0.921. The molecular weight excluding hydrogens is 376 g/mol. The summed E-state index contributed by atoms with van der Waals surface area (Å²) in [6.45, 7) is 4.44. The van der Waals surface area contributed by atoms with Crippen LogP contribution in [0.15, 0.2) is 24.3 Å². The molecule has 1 aromatic heterocycles. The topological polar surface area (TPSA) is 60.6 Å². The Hall–Kier alpha value is -1.42. The fourth-order valence-corrected chi connectivity index (χ4v) is 4.99. The second-order valence-electron chi connectivity index (χ2n) is 5.86. The van der Waals surface area contributed by atoms with Gasteiger partial charge in [0.2, 0.25) is 5.13 Å². The third-order valence-electron chi connectivity index (χ3n) is 4.08. The molecule has 2 heterocycles. The number of carbonyl (C=O) groups excluding carboxylic acids is 1. The largest absolute Gasteiger partial charge is 0.468 e. The van der Waals surface area contributed by atoms with E-state index >= 15 is 0 Å². The van der Waals surface area contributed by atoms with Crippen molar-refractivity contribution in [1.82, 2.24) is 9.78 Å². The molecule has 0 saturated carbocycles. The highest BCUT2D eigenvalue weighted by Crippen LogP contribution is 2.22. The lowest BCUT2D eigenvalue weighted by Crippen LogP contribution is -3.14. The van der Waals surface area contributed by atoms with E-state index in [0.29, 0.717) is 6.67 Å². The van der Waals surface area contributed by atoms with Gasteiger partial charge in [0, 0.05) is 11.4 Å². The Morgan fingerprint density at radius 2 is 2.32 bits per heavy atom. The molecule has 1 saturated heterocycles. The number of hydrogen-bond acceptors (Lipinski definition) is 7. The van der Waals surface area contributed by atoms with Crippen LogP contribution in [0.2, 0.25) is 0 Å². The molecule has 0 aliphatic carbocycles. The number of nitrogens with zero attached hydrogens (tertiary/aromatic N) is 2. The number of hydrogen-bond donors (Lipinski definition) is 2. The minimum absolute atomic E-state index is 0.105. The Kier molecular flexibility index (Phi) is 6.10. The van der Waals surface area contributed by atoms with Gasteiger partial charge in [-0.2, -0.15) is 4.68 Å². The second kappa shape index (κ2) is 8.31. The summed E-state index contributed by atoms with van der Waals surface area (Å²) in [5.74, 6) is 0.784. The molecule has 2 N–H and O–H groups in total. The number of carbonyl (C=O) groups is 1. The number of aryl methyl sites for hydroxylation is 1. The number of methoxy groups -OCH3 is 1. The van der Waals surface area contributed by atoms with E-state index < -0.39 is 0 Å². The van der Waals surface area contributed by atoms with Crippen molar-refractivity contribution >= 4 is 52.1 Å². The molecule has 1 fully saturated rings. The highest BCUT2D eigenvalue weighted by molar-refractivity contribution is 8.00. The van der Waals surface area contributed by atoms with E-state index in [2.05, 4.69) is 23.4 Å². The normalized spacial score (nSPS) is 20.2. The zero-order valence-electron chi connectivity index (χ0n) is 14.2. The molecule has 9 heteroatoms. The van der Waals surface area contributed by atoms with Crippen LogP contribution >= 0.6 is 35.3 Å². The van der Waals surface area contributed by atoms with Gasteiger partial charge in [-0.15, -0.1) is 16.9 Å². The third kappa shape index (κ3) is 4.60. The zero-order valence-corrected chi connectivity index (χ0v) is 16.6. The molecule has 0 bridgehead atoms. The van der Waals surface area contributed by atoms with Crippen molar-refractivity contribution in [3.05, 3.63) is 33.8 Å². The lowest BCUT2D eigenvalue weighted by atomic mass is 10.2. The van der Waals surface area contributed by atoms with Crippen LogP contribution in [0.4, 0.5) is 10.8 Å². The van der Waals surface area contributed by atoms with E-state index in [0.717, 1.165) is 39.2 Å². The molecule has 1 aliphatic rings. The van der Waals surface area contributed by atoms with E-state index in [1.165, 1.54) is 23.3 Å². The molecular formula is C16H21N4O2S3+. The van der Waals surface area contributed by atoms with Crippen LogP contribution in [-0.2, 0) is 16.2 Å². The molecule has 0 spiro atoms. The third-order valence-corrected chi connectivity index (χ3v) is 6.50. The van der Waals surface area contributed by atoms with Crippen LogP contribution in [0.3, 0.4) is 0 Å². The summed E-state index contributed by atoms with van der Waals surface area (Å²) in [5.41, 5.74) is 2.20. The maximum absolute atomic E-state index is 11.8. The SMILES string of the molecule is COC(=O)[C@@H]1C[NH+](Cn2nc(Nc3ccccc3C)sc2=S)CCS1. The quantitative estimate of drug-likeness (QED) is 0.593. The predicted molar refractivity (Wildman–Crippen MR) is 104 cm³/mol. The van der Waals surface area contributed by atoms with E-state index in [1.54, 1.807) is 11.8 Å². The van der Waals surface area contributed by atoms with Crippen molar-refractivity contribution in [3.63, 3.8) is 0 Å². The van der Waals surface area contributed by atoms with Gasteiger partial charge in [-0.3, -0.25) is 4.79 Å². The van der Waals surface area contributed by atoms with Gasteiger partial charge < -0.3 is 15.0 Å². The lowest BCUT2D eigenvalue weighted by Gasteiger charge is -2.27. The Morgan fingerprint density at radius 1 is 1.52 bits per heavy atom. The van der Waals surface area contributed by atoms with Crippen LogP contribution in [0.5, 0.6) is 0 Å². The molecule has 0 radical (unpaired) electrons. The number of benzene rings is 1. The van der Waals surface area contributed by atoms with E-state index in [1.807, 2.05) is 22.9 Å². The number of rotatable bonds is 5. The number of quaternary nitrogens is 1. The molecule has 1 unspecified atom stereocenters. The van der Waals surface area contributed by atoms with Crippen LogP contribution in [0, 0.1) is 10.9 Å². The molecule has 2 atom stereocenters. The number of ether oxygens (including phenoxy) is 1. The average Bonchev–Trinajstić information content (AvgIpc) is 2.95. The molecule has 0 amide bonds. The van der Waals surface area contributed by atoms with E-state index in [9.17, 15) is 4.79 Å². The summed E-state index contributed by atoms with van der Waals surface area (Å²) < 4.78 is 7.45. The zero-order chi connectivity index (χ0) is 17.8. The van der Waals surface area contributed by atoms with Gasteiger partial charge in [-0.1, -0.05) is 29.5 Å². The maximum atomic E-state index is 11.8. The molecule has 1 aliphatic heterocycles. The summed E-state index contributed by atoms with van der Waals surface area (Å²) in [4.78, 5) is 13.1. The number of nitrogens with one attached hydrogen (secondary N) is 2. The van der Waals surface area contributed by atoms with Gasteiger partial charge in [0.25, 0.3) is 0 Å². The van der Waals surface area contributed by atoms with Crippen molar-refractivity contribution in [2.75, 3.05) is 31.3 Å². The van der Waals surface area contributed by atoms with Crippen molar-refractivity contribution < 1.29 is 14.4 Å². The Morgan fingerprint density at radius 3 is 3.08 bits per heavy atom. The van der Waals surface area contributed by atoms with Crippen molar-refractivity contribution in [3.8, 4) is 0 Å². The number of aromatic nitrogens is 2. The van der Waals surface area contributed by atoms with Gasteiger partial charge in [0.1, 0.15) is 6.54 Å². The predicted octanol–water partition coefficient (Wildman–Crippen LogP) is 1.86. The van der Waals surface area contributed by atoms with Gasteiger partial charge >= 0.3 is 5.97 Å². The molecule has 3 rings (SSSR count). The molecule has 25 heavy (non-hydrogen) atoms. The van der Waals surface area contributed by atoms with Gasteiger partial charge in [-0.25, -0.2) is 0 Å². The Balaban J connectivity index is 1.67. The number of para-hydroxylation sites is 1. The second-order valence-corrected chi connectivity index (χ2v) is 8.79. The fourth-order valence-electron chi connectivity index (χ4n) is 2.69. The average molecular weight is 398 g/mol. The summed E-state index contributed by atoms with van der Waals surface area (Å²) in [7, 11) is 1.44. The molecule has 134 valence electrons. The minimum Gasteiger partial charge on any atom is -0.468 e. The first kappa shape index (κ1) is 18.4. The van der Waals surface area contributed by atoms with Crippen LogP contribution in [0.25, 0.3) is 0 Å². The molecule has 6 nitrogen and oxygen atoms in total. The number of anilines is 2. The first-order chi connectivity index (χ1) is 12.1. The summed E-state index contributed by atoms with van der Waals surface area (Å²) in [5, 5.41) is 8.63. The minimum atomic E-state index is -0.147. The van der Waals surface area contributed by atoms with Gasteiger partial charge in [0.05, 0.1) is 13.7 Å². The highest BCUT2D eigenvalue weighted by atomic mass is 32.2. The van der Waals surface area contributed by atoms with Gasteiger partial charge in [0.15, 0.2) is 15.9 Å². The first-order valence-electron chi connectivity index (χ1n) is 8.00. The smallest absolute Gasteiger partial charge is 0.324 e. The summed E-state index contributed by atoms with van der Waals surface area (Å²) >= 11 is 8.59. The van der Waals surface area contributed by atoms with E-state index in [4.69, 9.17) is 17.0 Å². The van der Waals surface area contributed by atoms with Crippen molar-refractivity contribution in [2.45, 2.75) is 18.8 Å². The first-order valence-corrected chi connectivity index (χ1v) is 10.3. The molecule has 2 aromatic rings. The van der Waals surface area contributed by atoms with Crippen molar-refractivity contribution in [2.24, 2.45) is 0 Å². The van der Waals surface area contributed by atoms with Gasteiger partial charge in [-0.05, 0) is 30.8 Å². The standard InChI is InChI=1S/C16H20N4O2S3/c1-11-5-3-4-6-12(11)17-15-18-20(16(23)25-15)10-19-7-8-24-13(9-19)14(21)22-2/h3-6,13H,7-10H2,1-2H3,(H,17,18)/p+1/t13-/m0/s1. The maximum Gasteiger partial charge on any atom is 0.324 e. The Bertz CT molecular complexity index is 805. The highest BCUT2D eigenvalue weighted by Gasteiger charge is 2.30. The summed E-state index contributed by atoms with van der Waals surface area (Å²) in [6.07, 6.45) is 0. The summed E-state index contributed by atoms with van der Waals surface area (Å²) in [6, 6.07) is 8.09.